The summed E-state index contributed by atoms with van der Waals surface area (Å²) in [6.07, 6.45) is 0. The Kier molecular flexibility index (Phi) is 14.0. The van der Waals surface area contributed by atoms with E-state index in [4.69, 9.17) is 0 Å². The third-order valence-corrected chi connectivity index (χ3v) is 2.32. The summed E-state index contributed by atoms with van der Waals surface area (Å²) >= 11 is -5.01. The quantitative estimate of drug-likeness (QED) is 0.447. The van der Waals surface area contributed by atoms with Crippen LogP contribution in [0.15, 0.2) is 47.0 Å². The molecule has 0 saturated heterocycles. The number of hydrogen-bond donors (Lipinski definition) is 0. The van der Waals surface area contributed by atoms with Crippen molar-refractivity contribution in [2.24, 2.45) is 10.6 Å². The molecule has 0 amide bonds. The second-order valence-corrected chi connectivity index (χ2v) is 4.61. The third kappa shape index (κ3) is 14.3. The molecule has 114 valence electrons. The van der Waals surface area contributed by atoms with Gasteiger partial charge in [0.15, 0.2) is 0 Å². The summed E-state index contributed by atoms with van der Waals surface area (Å²) in [5.74, 6) is 0. The molecule has 0 heterocycles. The van der Waals surface area contributed by atoms with Crippen molar-refractivity contribution in [2.45, 2.75) is 0 Å². The molecule has 0 bridgehead atoms. The summed E-state index contributed by atoms with van der Waals surface area (Å²) in [5.41, 5.74) is 0. The van der Waals surface area contributed by atoms with Crippen molar-refractivity contribution < 1.29 is 17.5 Å². The number of benzene rings is 1. The predicted molar refractivity (Wildman–Crippen MR) is 71.4 cm³/mol. The summed E-state index contributed by atoms with van der Waals surface area (Å²) < 4.78 is 38.8. The van der Waals surface area contributed by atoms with E-state index in [2.05, 4.69) is 10.6 Å². The van der Waals surface area contributed by atoms with Crippen LogP contribution in [0.4, 0.5) is 0 Å². The first-order chi connectivity index (χ1) is 9.36. The molecule has 12 heteroatoms. The zero-order valence-electron chi connectivity index (χ0n) is 10.5. The highest BCUT2D eigenvalue weighted by atomic mass is 32.2. The van der Waals surface area contributed by atoms with Crippen LogP contribution >= 0.6 is 0 Å². The molecule has 0 aromatic heterocycles. The fourth-order valence-corrected chi connectivity index (χ4v) is 0.548. The van der Waals surface area contributed by atoms with E-state index < -0.39 is 22.5 Å². The lowest BCUT2D eigenvalue weighted by Crippen LogP contribution is -2.11. The molecule has 2 unspecified atom stereocenters. The molecule has 0 N–H and O–H groups in total. The van der Waals surface area contributed by atoms with Gasteiger partial charge in [0, 0.05) is 14.1 Å². The minimum atomic E-state index is -2.51. The minimum Gasteiger partial charge on any atom is -0.754 e. The van der Waals surface area contributed by atoms with Gasteiger partial charge in [-0.1, -0.05) is 36.4 Å². The Morgan fingerprint density at radius 3 is 1.00 bits per heavy atom. The van der Waals surface area contributed by atoms with E-state index in [-0.39, 0.29) is 8.83 Å². The number of rotatable bonds is 4. The molecule has 0 fully saturated rings. The van der Waals surface area contributed by atoms with E-state index in [9.17, 15) is 27.3 Å². The predicted octanol–water partition coefficient (Wildman–Crippen LogP) is 0.474. The molecule has 0 saturated carbocycles. The van der Waals surface area contributed by atoms with Crippen LogP contribution in [-0.2, 0) is 22.5 Å². The molecule has 1 rings (SSSR count). The highest BCUT2D eigenvalue weighted by molar-refractivity contribution is 7.76. The third-order valence-electron chi connectivity index (χ3n) is 1.33. The summed E-state index contributed by atoms with van der Waals surface area (Å²) in [7, 11) is 2.08. The van der Waals surface area contributed by atoms with Crippen LogP contribution in [0, 0.1) is 9.81 Å². The van der Waals surface area contributed by atoms with Gasteiger partial charge in [-0.3, -0.25) is 8.42 Å². The number of hydrogen-bond acceptors (Lipinski definition) is 8. The van der Waals surface area contributed by atoms with Crippen LogP contribution in [0.2, 0.25) is 0 Å². The van der Waals surface area contributed by atoms with Gasteiger partial charge in [-0.2, -0.15) is 8.83 Å². The molecule has 0 aliphatic carbocycles. The normalized spacial score (nSPS) is 11.4. The van der Waals surface area contributed by atoms with Crippen molar-refractivity contribution in [2.75, 3.05) is 14.1 Å². The average Bonchev–Trinajstić information content (AvgIpc) is 2.48. The summed E-state index contributed by atoms with van der Waals surface area (Å²) in [6, 6.07) is 12.0. The van der Waals surface area contributed by atoms with Crippen LogP contribution in [0.1, 0.15) is 0 Å². The highest BCUT2D eigenvalue weighted by Crippen LogP contribution is 1.82. The second kappa shape index (κ2) is 13.7. The van der Waals surface area contributed by atoms with Crippen molar-refractivity contribution in [1.82, 2.24) is 8.83 Å². The lowest BCUT2D eigenvalue weighted by molar-refractivity contribution is 0.444. The molecule has 0 aliphatic heterocycles. The summed E-state index contributed by atoms with van der Waals surface area (Å²) in [4.78, 5) is 18.5. The molecule has 0 aliphatic rings. The van der Waals surface area contributed by atoms with Crippen molar-refractivity contribution in [1.29, 1.82) is 0 Å². The van der Waals surface area contributed by atoms with Crippen LogP contribution < -0.4 is 0 Å². The molecule has 2 atom stereocenters. The maximum Gasteiger partial charge on any atom is 0.0664 e. The van der Waals surface area contributed by atoms with Crippen LogP contribution in [0.25, 0.3) is 0 Å². The SMILES string of the molecule is CN(N=O)S(=O)[O-].CN(N=O)S(=O)[O-].c1ccccc1. The van der Waals surface area contributed by atoms with E-state index in [1.165, 1.54) is 0 Å². The van der Waals surface area contributed by atoms with Gasteiger partial charge in [-0.15, -0.1) is 9.81 Å². The Hall–Kier alpha value is -1.76. The van der Waals surface area contributed by atoms with E-state index >= 15 is 0 Å². The van der Waals surface area contributed by atoms with E-state index in [1.54, 1.807) is 0 Å². The lowest BCUT2D eigenvalue weighted by Gasteiger charge is -2.08. The molecule has 1 aromatic carbocycles. The summed E-state index contributed by atoms with van der Waals surface area (Å²) in [6.45, 7) is 0. The fourth-order valence-electron chi connectivity index (χ4n) is 0.439. The Bertz CT molecular complexity index is 370. The number of nitrogens with zero attached hydrogens (tertiary/aromatic N) is 4. The molecule has 1 aromatic rings. The zero-order valence-corrected chi connectivity index (χ0v) is 12.2. The molecule has 20 heavy (non-hydrogen) atoms. The van der Waals surface area contributed by atoms with Crippen molar-refractivity contribution >= 4 is 22.5 Å². The summed E-state index contributed by atoms with van der Waals surface area (Å²) in [5, 5.41) is 4.12. The van der Waals surface area contributed by atoms with Gasteiger partial charge in [0.1, 0.15) is 0 Å². The van der Waals surface area contributed by atoms with Crippen molar-refractivity contribution in [3.8, 4) is 0 Å². The standard InChI is InChI=1S/C6H6.2CH4N2O3S/c1-2-4-6-5-3-1;2*1-3(2-4)7(5)6/h1-6H;2*1H3,(H,5,6)/p-2. The van der Waals surface area contributed by atoms with Gasteiger partial charge >= 0.3 is 0 Å². The van der Waals surface area contributed by atoms with Gasteiger partial charge in [0.05, 0.1) is 33.1 Å². The molecular weight excluding hydrogens is 312 g/mol. The first-order valence-corrected chi connectivity index (χ1v) is 6.76. The van der Waals surface area contributed by atoms with Gasteiger partial charge in [-0.05, 0) is 0 Å². The molecule has 10 nitrogen and oxygen atoms in total. The van der Waals surface area contributed by atoms with E-state index in [0.29, 0.717) is 0 Å². The van der Waals surface area contributed by atoms with Crippen molar-refractivity contribution in [3.05, 3.63) is 46.2 Å². The van der Waals surface area contributed by atoms with Gasteiger partial charge in [0.2, 0.25) is 0 Å². The fraction of sp³-hybridized carbons (Fsp3) is 0.250. The smallest absolute Gasteiger partial charge is 0.0664 e. The Morgan fingerprint density at radius 2 is 0.950 bits per heavy atom. The molecule has 0 spiro atoms. The number of nitroso groups, excluding NO2 is 2. The minimum absolute atomic E-state index is 0.278. The second-order valence-electron chi connectivity index (χ2n) is 2.68. The first-order valence-electron chi connectivity index (χ1n) is 4.69. The van der Waals surface area contributed by atoms with Gasteiger partial charge in [-0.25, -0.2) is 0 Å². The van der Waals surface area contributed by atoms with Crippen LogP contribution in [0.3, 0.4) is 0 Å². The van der Waals surface area contributed by atoms with E-state index in [0.717, 1.165) is 14.1 Å². The Balaban J connectivity index is 0. The first kappa shape index (κ1) is 20.6. The monoisotopic (exact) mass is 324 g/mol. The van der Waals surface area contributed by atoms with Crippen LogP contribution in [0.5, 0.6) is 0 Å². The molecular formula is C8H12N4O6S2-2. The lowest BCUT2D eigenvalue weighted by atomic mass is 10.4. The Morgan fingerprint density at radius 1 is 0.750 bits per heavy atom. The topological polar surface area (TPSA) is 146 Å². The largest absolute Gasteiger partial charge is 0.754 e. The zero-order chi connectivity index (χ0) is 16.0. The van der Waals surface area contributed by atoms with Gasteiger partial charge < -0.3 is 9.11 Å². The maximum absolute atomic E-state index is 9.56. The highest BCUT2D eigenvalue weighted by Gasteiger charge is 1.87. The molecule has 0 radical (unpaired) electrons. The van der Waals surface area contributed by atoms with Crippen LogP contribution in [-0.4, -0.2) is 40.4 Å². The van der Waals surface area contributed by atoms with Gasteiger partial charge in [0.25, 0.3) is 0 Å². The van der Waals surface area contributed by atoms with Crippen molar-refractivity contribution in [3.63, 3.8) is 0 Å². The van der Waals surface area contributed by atoms with E-state index in [1.807, 2.05) is 36.4 Å². The Labute approximate surface area is 120 Å². The maximum atomic E-state index is 9.56. The average molecular weight is 324 g/mol.